The SMILES string of the molecule is COc1ccccc1CC1CCN([C@H](C)C(=O)O)CC1. The van der Waals surface area contributed by atoms with Crippen molar-refractivity contribution in [3.05, 3.63) is 29.8 Å². The first kappa shape index (κ1) is 14.9. The van der Waals surface area contributed by atoms with E-state index >= 15 is 0 Å². The molecule has 1 aliphatic rings. The topological polar surface area (TPSA) is 49.8 Å². The van der Waals surface area contributed by atoms with Crippen LogP contribution in [0.4, 0.5) is 0 Å². The van der Waals surface area contributed by atoms with E-state index in [0.717, 1.165) is 38.1 Å². The molecule has 1 aromatic carbocycles. The van der Waals surface area contributed by atoms with Crippen LogP contribution in [0.25, 0.3) is 0 Å². The van der Waals surface area contributed by atoms with Gasteiger partial charge in [-0.25, -0.2) is 0 Å². The maximum absolute atomic E-state index is 11.0. The number of rotatable bonds is 5. The van der Waals surface area contributed by atoms with E-state index < -0.39 is 5.97 Å². The Morgan fingerprint density at radius 3 is 2.65 bits per heavy atom. The predicted molar refractivity (Wildman–Crippen MR) is 78.1 cm³/mol. The Bertz CT molecular complexity index is 453. The minimum Gasteiger partial charge on any atom is -0.496 e. The third kappa shape index (κ3) is 3.51. The Kier molecular flexibility index (Phi) is 5.01. The summed E-state index contributed by atoms with van der Waals surface area (Å²) in [6, 6.07) is 7.77. The van der Waals surface area contributed by atoms with E-state index in [1.165, 1.54) is 5.56 Å². The number of carboxylic acid groups (broad SMARTS) is 1. The summed E-state index contributed by atoms with van der Waals surface area (Å²) in [7, 11) is 1.70. The molecule has 0 bridgehead atoms. The lowest BCUT2D eigenvalue weighted by atomic mass is 9.89. The maximum atomic E-state index is 11.0. The van der Waals surface area contributed by atoms with Gasteiger partial charge in [0, 0.05) is 0 Å². The summed E-state index contributed by atoms with van der Waals surface area (Å²) in [5.41, 5.74) is 1.25. The first-order valence-corrected chi connectivity index (χ1v) is 7.20. The fourth-order valence-electron chi connectivity index (χ4n) is 2.88. The van der Waals surface area contributed by atoms with Gasteiger partial charge in [-0.2, -0.15) is 0 Å². The van der Waals surface area contributed by atoms with Crippen LogP contribution >= 0.6 is 0 Å². The number of hydrogen-bond donors (Lipinski definition) is 1. The van der Waals surface area contributed by atoms with E-state index in [0.29, 0.717) is 5.92 Å². The summed E-state index contributed by atoms with van der Waals surface area (Å²) in [5, 5.41) is 9.05. The molecule has 0 saturated carbocycles. The monoisotopic (exact) mass is 277 g/mol. The second-order valence-corrected chi connectivity index (χ2v) is 5.51. The molecular formula is C16H23NO3. The molecule has 0 radical (unpaired) electrons. The Hall–Kier alpha value is -1.55. The van der Waals surface area contributed by atoms with Crippen LogP contribution in [0.2, 0.25) is 0 Å². The number of carboxylic acids is 1. The Labute approximate surface area is 120 Å². The van der Waals surface area contributed by atoms with E-state index in [4.69, 9.17) is 9.84 Å². The van der Waals surface area contributed by atoms with E-state index in [1.807, 2.05) is 18.2 Å². The van der Waals surface area contributed by atoms with Crippen LogP contribution < -0.4 is 4.74 Å². The Morgan fingerprint density at radius 2 is 2.05 bits per heavy atom. The fraction of sp³-hybridized carbons (Fsp3) is 0.562. The molecule has 4 heteroatoms. The number of piperidine rings is 1. The maximum Gasteiger partial charge on any atom is 0.320 e. The zero-order valence-electron chi connectivity index (χ0n) is 12.2. The van der Waals surface area contributed by atoms with Gasteiger partial charge in [-0.1, -0.05) is 18.2 Å². The molecule has 0 amide bonds. The number of likely N-dealkylation sites (tertiary alicyclic amines) is 1. The van der Waals surface area contributed by atoms with Crippen molar-refractivity contribution < 1.29 is 14.6 Å². The molecule has 0 unspecified atom stereocenters. The van der Waals surface area contributed by atoms with Gasteiger partial charge >= 0.3 is 5.97 Å². The van der Waals surface area contributed by atoms with Gasteiger partial charge in [-0.3, -0.25) is 9.69 Å². The normalized spacial score (nSPS) is 18.7. The van der Waals surface area contributed by atoms with Gasteiger partial charge < -0.3 is 9.84 Å². The zero-order chi connectivity index (χ0) is 14.5. The summed E-state index contributed by atoms with van der Waals surface area (Å²) in [6.45, 7) is 3.50. The highest BCUT2D eigenvalue weighted by Crippen LogP contribution is 2.27. The molecule has 1 aromatic rings. The number of carbonyl (C=O) groups is 1. The van der Waals surface area contributed by atoms with Crippen LogP contribution in [0.3, 0.4) is 0 Å². The number of benzene rings is 1. The predicted octanol–water partition coefficient (Wildman–Crippen LogP) is 2.42. The molecule has 1 atom stereocenters. The Morgan fingerprint density at radius 1 is 1.40 bits per heavy atom. The molecule has 1 heterocycles. The van der Waals surface area contributed by atoms with Crippen molar-refractivity contribution in [1.29, 1.82) is 0 Å². The van der Waals surface area contributed by atoms with Crippen molar-refractivity contribution in [2.24, 2.45) is 5.92 Å². The smallest absolute Gasteiger partial charge is 0.320 e. The van der Waals surface area contributed by atoms with Crippen molar-refractivity contribution in [2.45, 2.75) is 32.2 Å². The average molecular weight is 277 g/mol. The zero-order valence-corrected chi connectivity index (χ0v) is 12.2. The van der Waals surface area contributed by atoms with E-state index in [2.05, 4.69) is 11.0 Å². The van der Waals surface area contributed by atoms with Crippen molar-refractivity contribution in [3.63, 3.8) is 0 Å². The lowest BCUT2D eigenvalue weighted by Gasteiger charge is -2.34. The number of methoxy groups -OCH3 is 1. The molecule has 1 fully saturated rings. The van der Waals surface area contributed by atoms with Crippen molar-refractivity contribution in [3.8, 4) is 5.75 Å². The quantitative estimate of drug-likeness (QED) is 0.898. The molecule has 2 rings (SSSR count). The van der Waals surface area contributed by atoms with E-state index in [1.54, 1.807) is 14.0 Å². The highest BCUT2D eigenvalue weighted by molar-refractivity contribution is 5.72. The van der Waals surface area contributed by atoms with Crippen molar-refractivity contribution >= 4 is 5.97 Å². The average Bonchev–Trinajstić information content (AvgIpc) is 2.48. The standard InChI is InChI=1S/C16H23NO3/c1-12(16(18)19)17-9-7-13(8-10-17)11-14-5-3-4-6-15(14)20-2/h3-6,12-13H,7-11H2,1-2H3,(H,18,19)/t12-/m1/s1. The van der Waals surface area contributed by atoms with Gasteiger partial charge in [0.2, 0.25) is 0 Å². The first-order chi connectivity index (χ1) is 9.61. The number of aliphatic carboxylic acids is 1. The number of nitrogens with zero attached hydrogens (tertiary/aromatic N) is 1. The number of hydrogen-bond acceptors (Lipinski definition) is 3. The molecule has 110 valence electrons. The van der Waals surface area contributed by atoms with Crippen LogP contribution in [-0.2, 0) is 11.2 Å². The van der Waals surface area contributed by atoms with E-state index in [-0.39, 0.29) is 6.04 Å². The summed E-state index contributed by atoms with van der Waals surface area (Å²) < 4.78 is 5.39. The Balaban J connectivity index is 1.90. The summed E-state index contributed by atoms with van der Waals surface area (Å²) >= 11 is 0. The van der Waals surface area contributed by atoms with Crippen LogP contribution in [0.15, 0.2) is 24.3 Å². The number of para-hydroxylation sites is 1. The van der Waals surface area contributed by atoms with Gasteiger partial charge in [0.25, 0.3) is 0 Å². The highest BCUT2D eigenvalue weighted by Gasteiger charge is 2.26. The summed E-state index contributed by atoms with van der Waals surface area (Å²) in [5.74, 6) is 0.838. The molecule has 0 spiro atoms. The summed E-state index contributed by atoms with van der Waals surface area (Å²) in [4.78, 5) is 13.1. The molecule has 1 saturated heterocycles. The van der Waals surface area contributed by atoms with Gasteiger partial charge in [0.05, 0.1) is 7.11 Å². The van der Waals surface area contributed by atoms with Gasteiger partial charge in [-0.05, 0) is 56.8 Å². The molecule has 4 nitrogen and oxygen atoms in total. The number of ether oxygens (including phenoxy) is 1. The van der Waals surface area contributed by atoms with Gasteiger partial charge in [-0.15, -0.1) is 0 Å². The second-order valence-electron chi connectivity index (χ2n) is 5.51. The fourth-order valence-corrected chi connectivity index (χ4v) is 2.88. The largest absolute Gasteiger partial charge is 0.496 e. The minimum atomic E-state index is -0.729. The second kappa shape index (κ2) is 6.75. The third-order valence-corrected chi connectivity index (χ3v) is 4.26. The molecule has 0 aromatic heterocycles. The van der Waals surface area contributed by atoms with Gasteiger partial charge in [0.15, 0.2) is 0 Å². The van der Waals surface area contributed by atoms with Crippen LogP contribution in [0, 0.1) is 5.92 Å². The summed E-state index contributed by atoms with van der Waals surface area (Å²) in [6.07, 6.45) is 3.12. The highest BCUT2D eigenvalue weighted by atomic mass is 16.5. The molecule has 20 heavy (non-hydrogen) atoms. The lowest BCUT2D eigenvalue weighted by Crippen LogP contribution is -2.44. The van der Waals surface area contributed by atoms with Crippen LogP contribution in [-0.4, -0.2) is 42.2 Å². The molecule has 0 aliphatic carbocycles. The van der Waals surface area contributed by atoms with Crippen molar-refractivity contribution in [1.82, 2.24) is 4.90 Å². The molecule has 1 N–H and O–H groups in total. The minimum absolute atomic E-state index is 0.373. The molecule has 1 aliphatic heterocycles. The molecular weight excluding hydrogens is 254 g/mol. The van der Waals surface area contributed by atoms with Crippen LogP contribution in [0.1, 0.15) is 25.3 Å². The van der Waals surface area contributed by atoms with E-state index in [9.17, 15) is 4.79 Å². The first-order valence-electron chi connectivity index (χ1n) is 7.20. The van der Waals surface area contributed by atoms with Gasteiger partial charge in [0.1, 0.15) is 11.8 Å². The lowest BCUT2D eigenvalue weighted by molar-refractivity contribution is -0.143. The third-order valence-electron chi connectivity index (χ3n) is 4.26. The van der Waals surface area contributed by atoms with Crippen molar-refractivity contribution in [2.75, 3.05) is 20.2 Å². The van der Waals surface area contributed by atoms with Crippen LogP contribution in [0.5, 0.6) is 5.75 Å².